The molecule has 1 rings (SSSR count). The minimum Gasteiger partial charge on any atom is -0.375 e. The Morgan fingerprint density at radius 1 is 1.47 bits per heavy atom. The lowest BCUT2D eigenvalue weighted by atomic mass is 10.1. The Balaban J connectivity index is 2.72. The van der Waals surface area contributed by atoms with Gasteiger partial charge in [0.05, 0.1) is 4.92 Å². The van der Waals surface area contributed by atoms with E-state index in [-0.39, 0.29) is 10.6 Å². The smallest absolute Gasteiger partial charge is 0.272 e. The molecule has 0 spiro atoms. The lowest BCUT2D eigenvalue weighted by Crippen LogP contribution is -2.22. The molecule has 5 heteroatoms. The third-order valence-electron chi connectivity index (χ3n) is 2.74. The van der Waals surface area contributed by atoms with Gasteiger partial charge in [0.1, 0.15) is 0 Å². The molecule has 0 heterocycles. The number of hydrogen-bond acceptors (Lipinski definition) is 4. The van der Waals surface area contributed by atoms with Crippen molar-refractivity contribution in [1.29, 1.82) is 0 Å². The minimum absolute atomic E-state index is 0.178. The average Bonchev–Trinajstić information content (AvgIpc) is 2.28. The quantitative estimate of drug-likeness (QED) is 0.467. The maximum absolute atomic E-state index is 10.7. The molecule has 1 N–H and O–H groups in total. The van der Waals surface area contributed by atoms with Crippen molar-refractivity contribution >= 4 is 11.4 Å². The standard InChI is InChI=1S/C12H19N3O2/c1-10-9-11(5-6-12(10)15(16)17)14(3)8-4-7-13-2/h5-6,9,13H,4,7-8H2,1-3H3. The predicted octanol–water partition coefficient (Wildman–Crippen LogP) is 1.95. The largest absolute Gasteiger partial charge is 0.375 e. The van der Waals surface area contributed by atoms with Crippen LogP contribution in [0.25, 0.3) is 0 Å². The fourth-order valence-electron chi connectivity index (χ4n) is 1.70. The molecule has 94 valence electrons. The first-order valence-corrected chi connectivity index (χ1v) is 5.67. The van der Waals surface area contributed by atoms with Crippen LogP contribution in [-0.4, -0.2) is 32.1 Å². The van der Waals surface area contributed by atoms with Crippen LogP contribution >= 0.6 is 0 Å². The zero-order valence-corrected chi connectivity index (χ0v) is 10.6. The molecule has 0 aromatic heterocycles. The first kappa shape index (κ1) is 13.4. The van der Waals surface area contributed by atoms with Crippen LogP contribution in [0.3, 0.4) is 0 Å². The number of nitrogens with zero attached hydrogens (tertiary/aromatic N) is 2. The second kappa shape index (κ2) is 6.20. The normalized spacial score (nSPS) is 10.3. The Morgan fingerprint density at radius 3 is 2.71 bits per heavy atom. The zero-order chi connectivity index (χ0) is 12.8. The highest BCUT2D eigenvalue weighted by atomic mass is 16.6. The van der Waals surface area contributed by atoms with Crippen molar-refractivity contribution in [2.45, 2.75) is 13.3 Å². The number of rotatable bonds is 6. The van der Waals surface area contributed by atoms with Crippen LogP contribution in [-0.2, 0) is 0 Å². The Hall–Kier alpha value is -1.62. The van der Waals surface area contributed by atoms with E-state index < -0.39 is 0 Å². The summed E-state index contributed by atoms with van der Waals surface area (Å²) in [4.78, 5) is 12.5. The highest BCUT2D eigenvalue weighted by Gasteiger charge is 2.11. The fourth-order valence-corrected chi connectivity index (χ4v) is 1.70. The summed E-state index contributed by atoms with van der Waals surface area (Å²) in [7, 11) is 3.92. The number of benzene rings is 1. The summed E-state index contributed by atoms with van der Waals surface area (Å²) in [6, 6.07) is 5.22. The Morgan fingerprint density at radius 2 is 2.18 bits per heavy atom. The molecule has 0 radical (unpaired) electrons. The van der Waals surface area contributed by atoms with E-state index in [9.17, 15) is 10.1 Å². The van der Waals surface area contributed by atoms with E-state index in [0.717, 1.165) is 25.2 Å². The van der Waals surface area contributed by atoms with E-state index >= 15 is 0 Å². The summed E-state index contributed by atoms with van der Waals surface area (Å²) in [6.45, 7) is 3.66. The van der Waals surface area contributed by atoms with Gasteiger partial charge in [0.2, 0.25) is 0 Å². The van der Waals surface area contributed by atoms with Gasteiger partial charge < -0.3 is 10.2 Å². The summed E-state index contributed by atoms with van der Waals surface area (Å²) >= 11 is 0. The lowest BCUT2D eigenvalue weighted by molar-refractivity contribution is -0.385. The minimum atomic E-state index is -0.347. The van der Waals surface area contributed by atoms with Gasteiger partial charge in [-0.2, -0.15) is 0 Å². The van der Waals surface area contributed by atoms with Crippen LogP contribution in [0.5, 0.6) is 0 Å². The number of nitro benzene ring substituents is 1. The third kappa shape index (κ3) is 3.71. The molecule has 0 aliphatic rings. The predicted molar refractivity (Wildman–Crippen MR) is 69.6 cm³/mol. The van der Waals surface area contributed by atoms with Gasteiger partial charge >= 0.3 is 0 Å². The number of aryl methyl sites for hydroxylation is 1. The van der Waals surface area contributed by atoms with Crippen molar-refractivity contribution in [2.24, 2.45) is 0 Å². The molecular formula is C12H19N3O2. The summed E-state index contributed by atoms with van der Waals surface area (Å²) in [6.07, 6.45) is 1.04. The van der Waals surface area contributed by atoms with E-state index in [1.54, 1.807) is 19.1 Å². The second-order valence-corrected chi connectivity index (χ2v) is 4.11. The fraction of sp³-hybridized carbons (Fsp3) is 0.500. The van der Waals surface area contributed by atoms with Gasteiger partial charge in [0.25, 0.3) is 5.69 Å². The highest BCUT2D eigenvalue weighted by Crippen LogP contribution is 2.23. The molecule has 0 aliphatic carbocycles. The van der Waals surface area contributed by atoms with Gasteiger partial charge in [0, 0.05) is 30.9 Å². The third-order valence-corrected chi connectivity index (χ3v) is 2.74. The zero-order valence-electron chi connectivity index (χ0n) is 10.6. The number of nitrogens with one attached hydrogen (secondary N) is 1. The molecule has 0 saturated heterocycles. The second-order valence-electron chi connectivity index (χ2n) is 4.11. The highest BCUT2D eigenvalue weighted by molar-refractivity contribution is 5.54. The first-order valence-electron chi connectivity index (χ1n) is 5.67. The van der Waals surface area contributed by atoms with Crippen LogP contribution in [0.15, 0.2) is 18.2 Å². The Kier molecular flexibility index (Phi) is 4.90. The topological polar surface area (TPSA) is 58.4 Å². The average molecular weight is 237 g/mol. The maximum Gasteiger partial charge on any atom is 0.272 e. The van der Waals surface area contributed by atoms with Crippen molar-refractivity contribution in [1.82, 2.24) is 5.32 Å². The van der Waals surface area contributed by atoms with Gasteiger partial charge in [-0.1, -0.05) is 0 Å². The van der Waals surface area contributed by atoms with Gasteiger partial charge in [-0.15, -0.1) is 0 Å². The number of nitro groups is 1. The van der Waals surface area contributed by atoms with E-state index in [1.807, 2.05) is 20.2 Å². The van der Waals surface area contributed by atoms with E-state index in [2.05, 4.69) is 10.2 Å². The van der Waals surface area contributed by atoms with Gasteiger partial charge in [-0.3, -0.25) is 10.1 Å². The van der Waals surface area contributed by atoms with Crippen LogP contribution in [0.4, 0.5) is 11.4 Å². The summed E-state index contributed by atoms with van der Waals surface area (Å²) in [5.41, 5.74) is 1.90. The molecule has 0 unspecified atom stereocenters. The summed E-state index contributed by atoms with van der Waals surface area (Å²) < 4.78 is 0. The first-order chi connectivity index (χ1) is 8.06. The maximum atomic E-state index is 10.7. The molecular weight excluding hydrogens is 218 g/mol. The molecule has 17 heavy (non-hydrogen) atoms. The molecule has 1 aromatic carbocycles. The van der Waals surface area contributed by atoms with E-state index in [0.29, 0.717) is 5.56 Å². The molecule has 0 atom stereocenters. The molecule has 0 saturated carbocycles. The Labute approximate surface area is 102 Å². The van der Waals surface area contributed by atoms with Crippen LogP contribution in [0.2, 0.25) is 0 Å². The SMILES string of the molecule is CNCCCN(C)c1ccc([N+](=O)[O-])c(C)c1. The molecule has 0 bridgehead atoms. The summed E-state index contributed by atoms with van der Waals surface area (Å²) in [5.74, 6) is 0. The van der Waals surface area contributed by atoms with E-state index in [1.165, 1.54) is 0 Å². The van der Waals surface area contributed by atoms with Crippen molar-refractivity contribution in [3.05, 3.63) is 33.9 Å². The van der Waals surface area contributed by atoms with Crippen LogP contribution in [0, 0.1) is 17.0 Å². The van der Waals surface area contributed by atoms with Crippen LogP contribution < -0.4 is 10.2 Å². The van der Waals surface area contributed by atoms with Crippen molar-refractivity contribution in [2.75, 3.05) is 32.1 Å². The summed E-state index contributed by atoms with van der Waals surface area (Å²) in [5, 5.41) is 13.8. The van der Waals surface area contributed by atoms with E-state index in [4.69, 9.17) is 0 Å². The lowest BCUT2D eigenvalue weighted by Gasteiger charge is -2.19. The van der Waals surface area contributed by atoms with Crippen molar-refractivity contribution in [3.63, 3.8) is 0 Å². The van der Waals surface area contributed by atoms with Crippen molar-refractivity contribution < 1.29 is 4.92 Å². The van der Waals surface area contributed by atoms with Gasteiger partial charge in [-0.25, -0.2) is 0 Å². The number of hydrogen-bond donors (Lipinski definition) is 1. The van der Waals surface area contributed by atoms with Crippen LogP contribution in [0.1, 0.15) is 12.0 Å². The Bertz CT molecular complexity index is 393. The molecule has 1 aromatic rings. The molecule has 0 aliphatic heterocycles. The molecule has 5 nitrogen and oxygen atoms in total. The monoisotopic (exact) mass is 237 g/mol. The molecule has 0 fully saturated rings. The van der Waals surface area contributed by atoms with Gasteiger partial charge in [-0.05, 0) is 39.1 Å². The van der Waals surface area contributed by atoms with Crippen molar-refractivity contribution in [3.8, 4) is 0 Å². The number of anilines is 1. The molecule has 0 amide bonds. The van der Waals surface area contributed by atoms with Gasteiger partial charge in [0.15, 0.2) is 0 Å².